The topological polar surface area (TPSA) is 52.5 Å². The van der Waals surface area contributed by atoms with Crippen LogP contribution in [0, 0.1) is 0 Å². The summed E-state index contributed by atoms with van der Waals surface area (Å²) < 4.78 is 0. The summed E-state index contributed by atoms with van der Waals surface area (Å²) in [7, 11) is 0. The van der Waals surface area contributed by atoms with E-state index < -0.39 is 5.72 Å². The van der Waals surface area contributed by atoms with Gasteiger partial charge in [-0.25, -0.2) is 0 Å². The van der Waals surface area contributed by atoms with Gasteiger partial charge in [0.2, 0.25) is 0 Å². The quantitative estimate of drug-likeness (QED) is 0.394. The van der Waals surface area contributed by atoms with Crippen LogP contribution in [0.5, 0.6) is 0 Å². The lowest BCUT2D eigenvalue weighted by Crippen LogP contribution is -2.42. The van der Waals surface area contributed by atoms with Crippen molar-refractivity contribution < 1.29 is 10.2 Å². The number of hydrogen-bond donors (Lipinski definition) is 3. The molecule has 0 aliphatic heterocycles. The molecule has 0 spiro atoms. The summed E-state index contributed by atoms with van der Waals surface area (Å²) in [6.45, 7) is 1.30. The van der Waals surface area contributed by atoms with Gasteiger partial charge in [0.15, 0.2) is 0 Å². The second kappa shape index (κ2) is 9.76. The van der Waals surface area contributed by atoms with Crippen molar-refractivity contribution in [1.82, 2.24) is 5.32 Å². The van der Waals surface area contributed by atoms with E-state index in [1.165, 1.54) is 44.9 Å². The van der Waals surface area contributed by atoms with E-state index >= 15 is 0 Å². The van der Waals surface area contributed by atoms with Gasteiger partial charge in [0.05, 0.1) is 0 Å². The van der Waals surface area contributed by atoms with Crippen LogP contribution in [0.4, 0.5) is 0 Å². The Kier molecular flexibility index (Phi) is 8.64. The normalized spacial score (nSPS) is 18.3. The lowest BCUT2D eigenvalue weighted by molar-refractivity contribution is 0.0123. The van der Waals surface area contributed by atoms with Gasteiger partial charge in [-0.1, -0.05) is 38.5 Å². The molecule has 3 nitrogen and oxygen atoms in total. The fourth-order valence-corrected chi connectivity index (χ4v) is 2.76. The zero-order valence-electron chi connectivity index (χ0n) is 11.8. The minimum atomic E-state index is -0.537. The van der Waals surface area contributed by atoms with Gasteiger partial charge in [-0.2, -0.15) is 0 Å². The third kappa shape index (κ3) is 7.34. The van der Waals surface area contributed by atoms with Crippen LogP contribution >= 0.6 is 0 Å². The molecule has 0 saturated heterocycles. The summed E-state index contributed by atoms with van der Waals surface area (Å²) in [6, 6.07) is 0. The molecule has 0 bridgehead atoms. The summed E-state index contributed by atoms with van der Waals surface area (Å²) in [6.07, 6.45) is 13.9. The monoisotopic (exact) mass is 257 g/mol. The Morgan fingerprint density at radius 3 is 1.83 bits per heavy atom. The van der Waals surface area contributed by atoms with E-state index in [2.05, 4.69) is 5.32 Å². The van der Waals surface area contributed by atoms with E-state index in [1.807, 2.05) is 0 Å². The molecule has 0 unspecified atom stereocenters. The van der Waals surface area contributed by atoms with E-state index in [-0.39, 0.29) is 0 Å². The Balaban J connectivity index is 1.78. The highest BCUT2D eigenvalue weighted by molar-refractivity contribution is 4.81. The van der Waals surface area contributed by atoms with Crippen molar-refractivity contribution in [1.29, 1.82) is 0 Å². The number of aliphatic hydroxyl groups excluding tert-OH is 1. The standard InChI is InChI=1S/C15H31NO2/c17-14-10-6-4-2-1-3-5-9-13-16-15(18)11-7-8-12-15/h16-18H,1-14H2. The highest BCUT2D eigenvalue weighted by atomic mass is 16.3. The molecule has 0 heterocycles. The van der Waals surface area contributed by atoms with Gasteiger partial charge in [-0.05, 0) is 45.1 Å². The molecule has 0 aromatic carbocycles. The van der Waals surface area contributed by atoms with Gasteiger partial charge in [-0.15, -0.1) is 0 Å². The first-order chi connectivity index (χ1) is 8.77. The van der Waals surface area contributed by atoms with Gasteiger partial charge >= 0.3 is 0 Å². The lowest BCUT2D eigenvalue weighted by Gasteiger charge is -2.23. The average Bonchev–Trinajstić information content (AvgIpc) is 2.79. The summed E-state index contributed by atoms with van der Waals surface area (Å²) in [5.41, 5.74) is -0.537. The second-order valence-electron chi connectivity index (χ2n) is 5.72. The fraction of sp³-hybridized carbons (Fsp3) is 1.00. The Labute approximate surface area is 112 Å². The van der Waals surface area contributed by atoms with E-state index in [0.717, 1.165) is 38.6 Å². The van der Waals surface area contributed by atoms with Crippen LogP contribution in [-0.4, -0.2) is 29.1 Å². The van der Waals surface area contributed by atoms with Crippen LogP contribution in [-0.2, 0) is 0 Å². The van der Waals surface area contributed by atoms with Crippen LogP contribution in [0.15, 0.2) is 0 Å². The molecular formula is C15H31NO2. The van der Waals surface area contributed by atoms with Crippen LogP contribution in [0.3, 0.4) is 0 Å². The third-order valence-corrected chi connectivity index (χ3v) is 3.97. The van der Waals surface area contributed by atoms with Gasteiger partial charge in [0.25, 0.3) is 0 Å². The summed E-state index contributed by atoms with van der Waals surface area (Å²) in [4.78, 5) is 0. The molecule has 1 rings (SSSR count). The molecule has 0 amide bonds. The Morgan fingerprint density at radius 2 is 1.28 bits per heavy atom. The lowest BCUT2D eigenvalue weighted by atomic mass is 10.1. The van der Waals surface area contributed by atoms with Crippen molar-refractivity contribution in [2.45, 2.75) is 82.8 Å². The molecule has 0 aromatic rings. The highest BCUT2D eigenvalue weighted by Crippen LogP contribution is 2.26. The molecule has 3 N–H and O–H groups in total. The Morgan fingerprint density at radius 1 is 0.778 bits per heavy atom. The molecule has 1 saturated carbocycles. The number of nitrogens with one attached hydrogen (secondary N) is 1. The Hall–Kier alpha value is -0.120. The minimum absolute atomic E-state index is 0.342. The smallest absolute Gasteiger partial charge is 0.116 e. The second-order valence-corrected chi connectivity index (χ2v) is 5.72. The van der Waals surface area contributed by atoms with Gasteiger partial charge < -0.3 is 10.2 Å². The molecule has 0 atom stereocenters. The molecule has 1 aliphatic carbocycles. The van der Waals surface area contributed by atoms with Crippen molar-refractivity contribution in [3.8, 4) is 0 Å². The van der Waals surface area contributed by atoms with Crippen LogP contribution in [0.1, 0.15) is 77.0 Å². The van der Waals surface area contributed by atoms with E-state index in [0.29, 0.717) is 6.61 Å². The SMILES string of the molecule is OCCCCCCCCCCNC1(O)CCCC1. The number of unbranched alkanes of at least 4 members (excludes halogenated alkanes) is 7. The van der Waals surface area contributed by atoms with Crippen molar-refractivity contribution in [3.63, 3.8) is 0 Å². The molecule has 1 fully saturated rings. The highest BCUT2D eigenvalue weighted by Gasteiger charge is 2.29. The van der Waals surface area contributed by atoms with Crippen molar-refractivity contribution in [3.05, 3.63) is 0 Å². The number of rotatable bonds is 11. The maximum absolute atomic E-state index is 10.1. The van der Waals surface area contributed by atoms with E-state index in [4.69, 9.17) is 5.11 Å². The zero-order chi connectivity index (χ0) is 13.1. The van der Waals surface area contributed by atoms with Crippen LogP contribution in [0.2, 0.25) is 0 Å². The van der Waals surface area contributed by atoms with Crippen molar-refractivity contribution >= 4 is 0 Å². The molecule has 108 valence electrons. The van der Waals surface area contributed by atoms with Crippen molar-refractivity contribution in [2.75, 3.05) is 13.2 Å². The maximum atomic E-state index is 10.1. The van der Waals surface area contributed by atoms with Crippen LogP contribution in [0.25, 0.3) is 0 Å². The average molecular weight is 257 g/mol. The number of hydrogen-bond acceptors (Lipinski definition) is 3. The molecule has 0 aromatic heterocycles. The molecule has 3 heteroatoms. The van der Waals surface area contributed by atoms with Crippen LogP contribution < -0.4 is 5.32 Å². The largest absolute Gasteiger partial charge is 0.396 e. The zero-order valence-corrected chi connectivity index (χ0v) is 11.8. The fourth-order valence-electron chi connectivity index (χ4n) is 2.76. The predicted molar refractivity (Wildman–Crippen MR) is 75.4 cm³/mol. The predicted octanol–water partition coefficient (Wildman–Crippen LogP) is 2.95. The van der Waals surface area contributed by atoms with Crippen molar-refractivity contribution in [2.24, 2.45) is 0 Å². The molecular weight excluding hydrogens is 226 g/mol. The first-order valence-electron chi connectivity index (χ1n) is 7.85. The summed E-state index contributed by atoms with van der Waals surface area (Å²) in [5.74, 6) is 0. The molecule has 0 radical (unpaired) electrons. The van der Waals surface area contributed by atoms with Gasteiger partial charge in [0.1, 0.15) is 5.72 Å². The number of aliphatic hydroxyl groups is 2. The Bertz CT molecular complexity index is 191. The van der Waals surface area contributed by atoms with E-state index in [9.17, 15) is 5.11 Å². The molecule has 18 heavy (non-hydrogen) atoms. The van der Waals surface area contributed by atoms with Gasteiger partial charge in [0, 0.05) is 6.61 Å². The maximum Gasteiger partial charge on any atom is 0.116 e. The van der Waals surface area contributed by atoms with E-state index in [1.54, 1.807) is 0 Å². The van der Waals surface area contributed by atoms with Gasteiger partial charge in [-0.3, -0.25) is 5.32 Å². The molecule has 1 aliphatic rings. The first kappa shape index (κ1) is 15.9. The summed E-state index contributed by atoms with van der Waals surface area (Å²) >= 11 is 0. The minimum Gasteiger partial charge on any atom is -0.396 e. The summed E-state index contributed by atoms with van der Waals surface area (Å²) in [5, 5.41) is 22.0. The third-order valence-electron chi connectivity index (χ3n) is 3.97. The first-order valence-corrected chi connectivity index (χ1v) is 7.85.